The molecule has 26 heavy (non-hydrogen) atoms. The highest BCUT2D eigenvalue weighted by molar-refractivity contribution is 5.39. The van der Waals surface area contributed by atoms with Gasteiger partial charge >= 0.3 is 0 Å². The van der Waals surface area contributed by atoms with E-state index in [0.717, 1.165) is 23.6 Å². The van der Waals surface area contributed by atoms with Crippen molar-refractivity contribution in [3.63, 3.8) is 0 Å². The lowest BCUT2D eigenvalue weighted by Crippen LogP contribution is -2.22. The normalized spacial score (nSPS) is 11.5. The summed E-state index contributed by atoms with van der Waals surface area (Å²) in [6, 6.07) is 13.6. The summed E-state index contributed by atoms with van der Waals surface area (Å²) in [5.74, 6) is 0. The van der Waals surface area contributed by atoms with Crippen LogP contribution in [0.5, 0.6) is 0 Å². The Balaban J connectivity index is 1.51. The molecule has 0 aliphatic rings. The van der Waals surface area contributed by atoms with Crippen molar-refractivity contribution < 1.29 is 0 Å². The van der Waals surface area contributed by atoms with Crippen molar-refractivity contribution in [3.8, 4) is 5.69 Å². The molecule has 0 aliphatic carbocycles. The molecule has 0 unspecified atom stereocenters. The van der Waals surface area contributed by atoms with Crippen molar-refractivity contribution in [2.45, 2.75) is 20.0 Å². The molecule has 4 rings (SSSR count). The fraction of sp³-hybridized carbons (Fsp3) is 0.211. The van der Waals surface area contributed by atoms with Crippen LogP contribution in [-0.4, -0.2) is 36.3 Å². The molecule has 3 aromatic heterocycles. The maximum atomic E-state index is 12.2. The summed E-state index contributed by atoms with van der Waals surface area (Å²) in [6.07, 6.45) is 3.69. The smallest absolute Gasteiger partial charge is 0.272 e. The van der Waals surface area contributed by atoms with E-state index in [9.17, 15) is 4.79 Å². The van der Waals surface area contributed by atoms with Crippen LogP contribution in [0.2, 0.25) is 0 Å². The third kappa shape index (κ3) is 3.29. The summed E-state index contributed by atoms with van der Waals surface area (Å²) in [5.41, 5.74) is 4.44. The summed E-state index contributed by atoms with van der Waals surface area (Å²) in [5, 5.41) is 7.25. The van der Waals surface area contributed by atoms with Crippen molar-refractivity contribution in [2.24, 2.45) is 0 Å². The molecule has 0 spiro atoms. The first-order valence-corrected chi connectivity index (χ1v) is 8.44. The van der Waals surface area contributed by atoms with Crippen LogP contribution in [-0.2, 0) is 13.1 Å². The summed E-state index contributed by atoms with van der Waals surface area (Å²) in [6.45, 7) is 3.26. The largest absolute Gasteiger partial charge is 0.296 e. The Labute approximate surface area is 150 Å². The standard InChI is InChI=1S/C19H20N6O/c1-14-9-18-21-16(11-19(26)25(18)22-14)13-23(2)12-15-5-3-6-17(10-15)24-8-4-7-20-24/h3-11,22H,12-13H2,1-2H3. The predicted octanol–water partition coefficient (Wildman–Crippen LogP) is 2.15. The van der Waals surface area contributed by atoms with Gasteiger partial charge in [-0.05, 0) is 37.7 Å². The van der Waals surface area contributed by atoms with E-state index in [-0.39, 0.29) is 5.56 Å². The molecule has 0 amide bonds. The monoisotopic (exact) mass is 348 g/mol. The first-order chi connectivity index (χ1) is 12.6. The molecule has 0 atom stereocenters. The second kappa shape index (κ2) is 6.61. The second-order valence-corrected chi connectivity index (χ2v) is 6.51. The lowest BCUT2D eigenvalue weighted by molar-refractivity contribution is 0.315. The van der Waals surface area contributed by atoms with Crippen molar-refractivity contribution in [1.82, 2.24) is 29.3 Å². The van der Waals surface area contributed by atoms with Crippen molar-refractivity contribution in [2.75, 3.05) is 7.05 Å². The minimum Gasteiger partial charge on any atom is -0.296 e. The van der Waals surface area contributed by atoms with Crippen LogP contribution in [0.3, 0.4) is 0 Å². The summed E-state index contributed by atoms with van der Waals surface area (Å²) in [7, 11) is 2.02. The quantitative estimate of drug-likeness (QED) is 0.600. The average Bonchev–Trinajstić information content (AvgIpc) is 3.24. The molecule has 132 valence electrons. The van der Waals surface area contributed by atoms with Crippen LogP contribution < -0.4 is 5.56 Å². The van der Waals surface area contributed by atoms with E-state index in [0.29, 0.717) is 12.2 Å². The number of benzene rings is 1. The summed E-state index contributed by atoms with van der Waals surface area (Å²) in [4.78, 5) is 18.9. The number of aromatic nitrogens is 5. The van der Waals surface area contributed by atoms with Gasteiger partial charge in [0, 0.05) is 43.3 Å². The fourth-order valence-electron chi connectivity index (χ4n) is 3.10. The van der Waals surface area contributed by atoms with Gasteiger partial charge in [0.05, 0.1) is 11.4 Å². The lowest BCUT2D eigenvalue weighted by atomic mass is 10.2. The molecule has 7 nitrogen and oxygen atoms in total. The van der Waals surface area contributed by atoms with Gasteiger partial charge in [0.25, 0.3) is 5.56 Å². The Morgan fingerprint density at radius 3 is 2.85 bits per heavy atom. The zero-order valence-corrected chi connectivity index (χ0v) is 14.8. The molecule has 0 saturated heterocycles. The van der Waals surface area contributed by atoms with Crippen molar-refractivity contribution in [3.05, 3.63) is 82.2 Å². The Morgan fingerprint density at radius 1 is 1.15 bits per heavy atom. The van der Waals surface area contributed by atoms with Gasteiger partial charge in [-0.25, -0.2) is 14.2 Å². The third-order valence-corrected chi connectivity index (χ3v) is 4.20. The van der Waals surface area contributed by atoms with E-state index in [1.165, 1.54) is 10.1 Å². The molecular formula is C19H20N6O. The summed E-state index contributed by atoms with van der Waals surface area (Å²) >= 11 is 0. The van der Waals surface area contributed by atoms with Gasteiger partial charge in [-0.1, -0.05) is 12.1 Å². The van der Waals surface area contributed by atoms with Crippen LogP contribution in [0.15, 0.2) is 59.7 Å². The highest BCUT2D eigenvalue weighted by Crippen LogP contribution is 2.12. The van der Waals surface area contributed by atoms with Crippen molar-refractivity contribution in [1.29, 1.82) is 0 Å². The van der Waals surface area contributed by atoms with Gasteiger partial charge in [-0.3, -0.25) is 14.8 Å². The molecule has 1 aromatic carbocycles. The van der Waals surface area contributed by atoms with Crippen LogP contribution in [0, 0.1) is 6.92 Å². The molecule has 3 heterocycles. The van der Waals surface area contributed by atoms with Crippen molar-refractivity contribution >= 4 is 5.65 Å². The number of hydrogen-bond acceptors (Lipinski definition) is 4. The average molecular weight is 348 g/mol. The minimum atomic E-state index is -0.0906. The number of fused-ring (bicyclic) bond motifs is 1. The van der Waals surface area contributed by atoms with Gasteiger partial charge < -0.3 is 0 Å². The van der Waals surface area contributed by atoms with Crippen LogP contribution in [0.25, 0.3) is 11.3 Å². The van der Waals surface area contributed by atoms with Gasteiger partial charge in [-0.2, -0.15) is 5.10 Å². The number of aromatic amines is 1. The maximum Gasteiger partial charge on any atom is 0.272 e. The molecular weight excluding hydrogens is 328 g/mol. The van der Waals surface area contributed by atoms with Gasteiger partial charge in [0.1, 0.15) is 0 Å². The maximum absolute atomic E-state index is 12.2. The fourth-order valence-corrected chi connectivity index (χ4v) is 3.10. The van der Waals surface area contributed by atoms with E-state index in [2.05, 4.69) is 32.2 Å². The topological polar surface area (TPSA) is 71.2 Å². The lowest BCUT2D eigenvalue weighted by Gasteiger charge is -2.16. The highest BCUT2D eigenvalue weighted by Gasteiger charge is 2.08. The highest BCUT2D eigenvalue weighted by atomic mass is 16.1. The van der Waals surface area contributed by atoms with Crippen LogP contribution >= 0.6 is 0 Å². The molecule has 0 fully saturated rings. The molecule has 4 aromatic rings. The zero-order chi connectivity index (χ0) is 18.1. The molecule has 0 aliphatic heterocycles. The second-order valence-electron chi connectivity index (χ2n) is 6.51. The van der Waals surface area contributed by atoms with Gasteiger partial charge in [-0.15, -0.1) is 0 Å². The Kier molecular flexibility index (Phi) is 4.14. The molecule has 0 bridgehead atoms. The first kappa shape index (κ1) is 16.3. The minimum absolute atomic E-state index is 0.0906. The molecule has 1 N–H and O–H groups in total. The SMILES string of the molecule is Cc1cc2nc(CN(C)Cc3cccc(-n4cccn4)c3)cc(=O)n2[nH]1. The third-order valence-electron chi connectivity index (χ3n) is 4.20. The van der Waals surface area contributed by atoms with E-state index >= 15 is 0 Å². The van der Waals surface area contributed by atoms with Gasteiger partial charge in [0.2, 0.25) is 0 Å². The number of hydrogen-bond donors (Lipinski definition) is 1. The molecule has 0 radical (unpaired) electrons. The predicted molar refractivity (Wildman–Crippen MR) is 99.3 cm³/mol. The Morgan fingerprint density at radius 2 is 2.04 bits per heavy atom. The van der Waals surface area contributed by atoms with Crippen LogP contribution in [0.1, 0.15) is 17.0 Å². The van der Waals surface area contributed by atoms with E-state index in [1.54, 1.807) is 12.3 Å². The van der Waals surface area contributed by atoms with Gasteiger partial charge in [0.15, 0.2) is 5.65 Å². The zero-order valence-electron chi connectivity index (χ0n) is 14.8. The molecule has 7 heteroatoms. The number of rotatable bonds is 5. The number of nitrogens with one attached hydrogen (secondary N) is 1. The Bertz CT molecular complexity index is 1090. The van der Waals surface area contributed by atoms with Crippen LogP contribution in [0.4, 0.5) is 0 Å². The van der Waals surface area contributed by atoms with E-state index in [1.807, 2.05) is 49.1 Å². The number of aryl methyl sites for hydroxylation is 1. The Hall–Kier alpha value is -3.19. The number of H-pyrrole nitrogens is 1. The van der Waals surface area contributed by atoms with E-state index < -0.39 is 0 Å². The van der Waals surface area contributed by atoms with E-state index in [4.69, 9.17) is 0 Å². The number of nitrogens with zero attached hydrogens (tertiary/aromatic N) is 5. The molecule has 0 saturated carbocycles. The first-order valence-electron chi connectivity index (χ1n) is 8.44. The summed E-state index contributed by atoms with van der Waals surface area (Å²) < 4.78 is 3.31.